The highest BCUT2D eigenvalue weighted by Crippen LogP contribution is 2.28. The molecule has 0 bridgehead atoms. The molecule has 1 atom stereocenters. The average molecular weight is 99.0 g/mol. The molecule has 0 aromatic rings. The van der Waals surface area contributed by atoms with Crippen molar-refractivity contribution in [2.24, 2.45) is 5.90 Å². The standard InChI is InChI=1S/FH3NO2P/c1-5(3)4-2/h3H,2H2. The molecule has 0 heterocycles. The summed E-state index contributed by atoms with van der Waals surface area (Å²) in [6, 6.07) is 0. The quantitative estimate of drug-likeness (QED) is 0.361. The largest absolute Gasteiger partial charge is 0.389 e. The second kappa shape index (κ2) is 2.48. The summed E-state index contributed by atoms with van der Waals surface area (Å²) in [7, 11) is -2.82. The Balaban J connectivity index is 2.54. The van der Waals surface area contributed by atoms with Crippen molar-refractivity contribution in [3.63, 3.8) is 0 Å². The Bertz CT molecular complexity index is 23.6. The van der Waals surface area contributed by atoms with Crippen LogP contribution in [0.1, 0.15) is 0 Å². The van der Waals surface area contributed by atoms with Gasteiger partial charge in [0.25, 0.3) is 0 Å². The maximum absolute atomic E-state index is 10.7. The highest BCUT2D eigenvalue weighted by molar-refractivity contribution is 7.39. The fourth-order valence-corrected chi connectivity index (χ4v) is 0. The first-order chi connectivity index (χ1) is 2.27. The number of rotatable bonds is 1. The third-order valence-electron chi connectivity index (χ3n) is 0.0870. The molecule has 3 nitrogen and oxygen atoms in total. The molecule has 0 spiro atoms. The second-order valence-electron chi connectivity index (χ2n) is 0.332. The molecule has 5 heteroatoms. The number of halogens is 1. The van der Waals surface area contributed by atoms with E-state index >= 15 is 0 Å². The first-order valence-electron chi connectivity index (χ1n) is 0.787. The zero-order valence-corrected chi connectivity index (χ0v) is 3.15. The Morgan fingerprint density at radius 2 is 2.20 bits per heavy atom. The van der Waals surface area contributed by atoms with Crippen molar-refractivity contribution in [1.29, 1.82) is 0 Å². The van der Waals surface area contributed by atoms with E-state index in [-0.39, 0.29) is 0 Å². The lowest BCUT2D eigenvalue weighted by Crippen LogP contribution is -1.86. The molecule has 0 fully saturated rings. The van der Waals surface area contributed by atoms with Crippen LogP contribution in [-0.2, 0) is 4.62 Å². The monoisotopic (exact) mass is 99.0 g/mol. The van der Waals surface area contributed by atoms with Crippen LogP contribution >= 0.6 is 8.69 Å². The van der Waals surface area contributed by atoms with Gasteiger partial charge in [-0.3, -0.25) is 0 Å². The Labute approximate surface area is 29.5 Å². The molecule has 0 radical (unpaired) electrons. The average Bonchev–Trinajstić information content (AvgIpc) is 1.38. The lowest BCUT2D eigenvalue weighted by atomic mass is 13.6. The molecule has 1 unspecified atom stereocenters. The van der Waals surface area contributed by atoms with Gasteiger partial charge in [0, 0.05) is 0 Å². The first-order valence-corrected chi connectivity index (χ1v) is 1.89. The molecular formula is H3FNO2P. The Kier molecular flexibility index (Phi) is 2.59. The maximum atomic E-state index is 10.7. The molecule has 0 rings (SSSR count). The van der Waals surface area contributed by atoms with Crippen molar-refractivity contribution in [3.05, 3.63) is 0 Å². The Hall–Kier alpha value is 0.240. The van der Waals surface area contributed by atoms with Crippen molar-refractivity contribution in [2.45, 2.75) is 0 Å². The van der Waals surface area contributed by atoms with Crippen LogP contribution in [0.5, 0.6) is 0 Å². The van der Waals surface area contributed by atoms with Gasteiger partial charge in [-0.1, -0.05) is 0 Å². The van der Waals surface area contributed by atoms with Gasteiger partial charge in [0.15, 0.2) is 0 Å². The minimum Gasteiger partial charge on any atom is -0.324 e. The van der Waals surface area contributed by atoms with Crippen molar-refractivity contribution in [2.75, 3.05) is 0 Å². The summed E-state index contributed by atoms with van der Waals surface area (Å²) in [5.41, 5.74) is 0. The first kappa shape index (κ1) is 5.24. The van der Waals surface area contributed by atoms with Gasteiger partial charge < -0.3 is 4.89 Å². The zero-order chi connectivity index (χ0) is 4.28. The molecule has 3 N–H and O–H groups in total. The van der Waals surface area contributed by atoms with E-state index < -0.39 is 8.69 Å². The van der Waals surface area contributed by atoms with Crippen molar-refractivity contribution in [1.82, 2.24) is 0 Å². The number of hydrogen-bond donors (Lipinski definition) is 2. The van der Waals surface area contributed by atoms with Gasteiger partial charge in [0.05, 0.1) is 0 Å². The predicted octanol–water partition coefficient (Wildman–Crippen LogP) is 0.0654. The van der Waals surface area contributed by atoms with Gasteiger partial charge in [0.2, 0.25) is 0 Å². The summed E-state index contributed by atoms with van der Waals surface area (Å²) in [4.78, 5) is 7.41. The van der Waals surface area contributed by atoms with E-state index in [0.717, 1.165) is 0 Å². The summed E-state index contributed by atoms with van der Waals surface area (Å²) in [6.07, 6.45) is 0. The Morgan fingerprint density at radius 1 is 2.00 bits per heavy atom. The van der Waals surface area contributed by atoms with Crippen molar-refractivity contribution < 1.29 is 13.7 Å². The summed E-state index contributed by atoms with van der Waals surface area (Å²) in [5.74, 6) is 4.08. The molecule has 0 aromatic carbocycles. The molecule has 0 aliphatic heterocycles. The highest BCUT2D eigenvalue weighted by atomic mass is 31.2. The van der Waals surface area contributed by atoms with E-state index in [1.54, 1.807) is 0 Å². The summed E-state index contributed by atoms with van der Waals surface area (Å²) in [6.45, 7) is 0. The maximum Gasteiger partial charge on any atom is 0.389 e. The fraction of sp³-hybridized carbons (Fsp3) is 0. The molecular weight excluding hydrogens is 96.0 g/mol. The molecule has 5 heavy (non-hydrogen) atoms. The smallest absolute Gasteiger partial charge is 0.324 e. The van der Waals surface area contributed by atoms with Gasteiger partial charge in [-0.15, -0.1) is 0 Å². The fourth-order valence-electron chi connectivity index (χ4n) is 0. The lowest BCUT2D eigenvalue weighted by Gasteiger charge is -1.85. The van der Waals surface area contributed by atoms with Gasteiger partial charge >= 0.3 is 8.69 Å². The number of nitrogens with two attached hydrogens (primary N) is 1. The summed E-state index contributed by atoms with van der Waals surface area (Å²) >= 11 is 0. The van der Waals surface area contributed by atoms with Gasteiger partial charge in [-0.05, 0) is 0 Å². The zero-order valence-electron chi connectivity index (χ0n) is 2.26. The summed E-state index contributed by atoms with van der Waals surface area (Å²) in [5, 5.41) is 0. The molecule has 32 valence electrons. The Morgan fingerprint density at radius 3 is 2.20 bits per heavy atom. The van der Waals surface area contributed by atoms with Gasteiger partial charge in [-0.25, -0.2) is 10.5 Å². The molecule has 0 saturated heterocycles. The minimum atomic E-state index is -2.82. The van der Waals surface area contributed by atoms with Crippen LogP contribution in [0.3, 0.4) is 0 Å². The van der Waals surface area contributed by atoms with E-state index in [9.17, 15) is 4.20 Å². The van der Waals surface area contributed by atoms with Gasteiger partial charge in [-0.2, -0.15) is 4.20 Å². The lowest BCUT2D eigenvalue weighted by molar-refractivity contribution is 0.294. The van der Waals surface area contributed by atoms with Crippen LogP contribution in [0.15, 0.2) is 0 Å². The van der Waals surface area contributed by atoms with E-state index in [1.165, 1.54) is 0 Å². The summed E-state index contributed by atoms with van der Waals surface area (Å²) < 4.78 is 13.9. The SMILES string of the molecule is NOP(O)F. The third-order valence-corrected chi connectivity index (χ3v) is 0.261. The third kappa shape index (κ3) is 4.24. The molecule has 0 aliphatic carbocycles. The van der Waals surface area contributed by atoms with E-state index in [0.29, 0.717) is 0 Å². The van der Waals surface area contributed by atoms with Crippen LogP contribution in [0, 0.1) is 0 Å². The molecule has 0 amide bonds. The van der Waals surface area contributed by atoms with E-state index in [2.05, 4.69) is 10.5 Å². The van der Waals surface area contributed by atoms with Crippen LogP contribution < -0.4 is 5.90 Å². The number of hydrogen-bond acceptors (Lipinski definition) is 3. The van der Waals surface area contributed by atoms with E-state index in [1.807, 2.05) is 0 Å². The van der Waals surface area contributed by atoms with Gasteiger partial charge in [0.1, 0.15) is 0 Å². The molecule has 0 aliphatic rings. The predicted molar refractivity (Wildman–Crippen MR) is 15.5 cm³/mol. The second-order valence-corrected chi connectivity index (χ2v) is 0.995. The van der Waals surface area contributed by atoms with Crippen LogP contribution in [-0.4, -0.2) is 4.89 Å². The van der Waals surface area contributed by atoms with Crippen LogP contribution in [0.4, 0.5) is 4.20 Å². The molecule has 0 aromatic heterocycles. The highest BCUT2D eigenvalue weighted by Gasteiger charge is 1.92. The molecule has 0 saturated carbocycles. The minimum absolute atomic E-state index is 2.82. The van der Waals surface area contributed by atoms with Crippen molar-refractivity contribution in [3.8, 4) is 0 Å². The normalized spacial score (nSPS) is 15.0. The van der Waals surface area contributed by atoms with E-state index in [4.69, 9.17) is 4.89 Å². The van der Waals surface area contributed by atoms with Crippen LogP contribution in [0.2, 0.25) is 0 Å². The van der Waals surface area contributed by atoms with Crippen molar-refractivity contribution >= 4 is 8.69 Å². The topological polar surface area (TPSA) is 55.5 Å². The van der Waals surface area contributed by atoms with Crippen LogP contribution in [0.25, 0.3) is 0 Å².